The number of ketones is 2. The predicted octanol–water partition coefficient (Wildman–Crippen LogP) is 4.32. The first kappa shape index (κ1) is 36.7. The third-order valence-corrected chi connectivity index (χ3v) is 12.4. The van der Waals surface area contributed by atoms with Crippen LogP contribution < -0.4 is 10.9 Å². The lowest BCUT2D eigenvalue weighted by Crippen LogP contribution is -2.29. The van der Waals surface area contributed by atoms with Gasteiger partial charge in [0.1, 0.15) is 4.90 Å². The molecule has 1 aromatic heterocycles. The van der Waals surface area contributed by atoms with Crippen LogP contribution in [0.3, 0.4) is 0 Å². The minimum absolute atomic E-state index is 0.0255. The monoisotopic (exact) mass is 765 g/mol. The van der Waals surface area contributed by atoms with Crippen LogP contribution in [0.5, 0.6) is 0 Å². The third kappa shape index (κ3) is 6.69. The first-order valence-electron chi connectivity index (χ1n) is 15.8. The van der Waals surface area contributed by atoms with Crippen molar-refractivity contribution in [1.82, 2.24) is 9.88 Å². The van der Waals surface area contributed by atoms with Gasteiger partial charge in [-0.3, -0.25) is 23.5 Å². The molecule has 0 bridgehead atoms. The second kappa shape index (κ2) is 13.5. The highest BCUT2D eigenvalue weighted by atomic mass is 32.2. The molecule has 0 fully saturated rings. The average molecular weight is 766 g/mol. The number of rotatable bonds is 12. The Kier molecular flexibility index (Phi) is 9.54. The fourth-order valence-electron chi connectivity index (χ4n) is 6.27. The molecule has 5 aromatic rings. The molecule has 52 heavy (non-hydrogen) atoms. The topological polar surface area (TPSA) is 225 Å². The lowest BCUT2D eigenvalue weighted by Gasteiger charge is -2.24. The Bertz CT molecular complexity index is 2720. The summed E-state index contributed by atoms with van der Waals surface area (Å²) in [7, 11) is -13.6. The molecule has 270 valence electrons. The number of benzene rings is 4. The molecule has 0 atom stereocenters. The lowest BCUT2D eigenvalue weighted by atomic mass is 9.80. The van der Waals surface area contributed by atoms with Gasteiger partial charge in [0.15, 0.2) is 21.4 Å². The molecular formula is C35H31N3O11S3. The van der Waals surface area contributed by atoms with Crippen LogP contribution in [0, 0.1) is 0 Å². The second-order valence-electron chi connectivity index (χ2n) is 11.9. The largest absolute Gasteiger partial charge is 0.354 e. The number of hydrogen-bond acceptors (Lipinski definition) is 11. The molecule has 17 heteroatoms. The summed E-state index contributed by atoms with van der Waals surface area (Å²) in [4.78, 5) is 44.9. The van der Waals surface area contributed by atoms with E-state index < -0.39 is 62.6 Å². The molecule has 1 heterocycles. The number of pyridine rings is 1. The fraction of sp³-hybridized carbons (Fsp3) is 0.171. The van der Waals surface area contributed by atoms with Crippen molar-refractivity contribution in [3.63, 3.8) is 0 Å². The number of fused-ring (bicyclic) bond motifs is 2. The van der Waals surface area contributed by atoms with Gasteiger partial charge in [-0.1, -0.05) is 50.2 Å². The van der Waals surface area contributed by atoms with Crippen LogP contribution in [0.2, 0.25) is 0 Å². The highest BCUT2D eigenvalue weighted by Gasteiger charge is 2.34. The van der Waals surface area contributed by atoms with Crippen molar-refractivity contribution in [2.45, 2.75) is 28.5 Å². The van der Waals surface area contributed by atoms with Crippen molar-refractivity contribution in [3.05, 3.63) is 111 Å². The number of carbonyl (C=O) groups is 2. The van der Waals surface area contributed by atoms with Crippen molar-refractivity contribution in [2.75, 3.05) is 30.7 Å². The van der Waals surface area contributed by atoms with Gasteiger partial charge in [0.2, 0.25) is 0 Å². The maximum atomic E-state index is 14.2. The zero-order valence-corrected chi connectivity index (χ0v) is 30.0. The molecule has 14 nitrogen and oxygen atoms in total. The molecule has 1 aliphatic carbocycles. The van der Waals surface area contributed by atoms with Gasteiger partial charge in [-0.05, 0) is 61.1 Å². The summed E-state index contributed by atoms with van der Waals surface area (Å²) in [5.41, 5.74) is -1.66. The molecule has 0 amide bonds. The second-order valence-corrected chi connectivity index (χ2v) is 16.8. The number of anilines is 2. The van der Waals surface area contributed by atoms with E-state index in [4.69, 9.17) is 0 Å². The van der Waals surface area contributed by atoms with Gasteiger partial charge in [-0.25, -0.2) is 8.42 Å². The van der Waals surface area contributed by atoms with Crippen LogP contribution in [0.25, 0.3) is 22.0 Å². The molecule has 0 saturated carbocycles. The van der Waals surface area contributed by atoms with Gasteiger partial charge in [0.25, 0.3) is 25.8 Å². The standard InChI is InChI=1S/C35H31N3O11S3/c1-3-38(4-2)16-17-50(42,43)21-12-15-28(52(47,48)49)27(19-21)36-26-14-13-25-30-29(23-10-5-6-11-24(23)34(40)31(26)30)32(35(41)37-25)33(39)20-8-7-9-22(18-20)51(44,45)46/h5-15,18-19,36H,3-4,16-17H2,1-2H3,(H,37,41)(H,44,45,46)(H,47,48,49). The number of hydrogen-bond donors (Lipinski definition) is 4. The Morgan fingerprint density at radius 1 is 0.750 bits per heavy atom. The van der Waals surface area contributed by atoms with E-state index in [1.165, 1.54) is 36.4 Å². The molecule has 0 unspecified atom stereocenters. The van der Waals surface area contributed by atoms with Crippen molar-refractivity contribution in [2.24, 2.45) is 0 Å². The Morgan fingerprint density at radius 3 is 2.10 bits per heavy atom. The summed E-state index contributed by atoms with van der Waals surface area (Å²) < 4.78 is 95.1. The van der Waals surface area contributed by atoms with E-state index in [0.717, 1.165) is 30.3 Å². The molecule has 0 spiro atoms. The minimum atomic E-state index is -4.94. The Hall–Kier alpha value is -5.04. The highest BCUT2D eigenvalue weighted by Crippen LogP contribution is 2.44. The van der Waals surface area contributed by atoms with Crippen LogP contribution in [-0.4, -0.2) is 81.2 Å². The maximum absolute atomic E-state index is 14.2. The first-order valence-corrected chi connectivity index (χ1v) is 20.3. The van der Waals surface area contributed by atoms with Crippen molar-refractivity contribution >= 4 is 63.9 Å². The molecule has 0 saturated heterocycles. The summed E-state index contributed by atoms with van der Waals surface area (Å²) in [5.74, 6) is -1.80. The Labute approximate surface area is 298 Å². The van der Waals surface area contributed by atoms with Crippen molar-refractivity contribution in [1.29, 1.82) is 0 Å². The molecule has 4 aromatic carbocycles. The van der Waals surface area contributed by atoms with E-state index in [1.807, 2.05) is 18.7 Å². The molecular weight excluding hydrogens is 735 g/mol. The zero-order valence-electron chi connectivity index (χ0n) is 27.6. The summed E-state index contributed by atoms with van der Waals surface area (Å²) in [6.07, 6.45) is 0. The zero-order chi connectivity index (χ0) is 37.7. The SMILES string of the molecule is CCN(CC)CCS(=O)(=O)c1ccc(S(=O)(=O)O)c(Nc2ccc3[nH]c(=O)c(C(=O)c4cccc(S(=O)(=O)O)c4)c4c3c2C(=O)c2ccccc2-4)c1. The molecule has 0 radical (unpaired) electrons. The van der Waals surface area contributed by atoms with Gasteiger partial charge >= 0.3 is 0 Å². The van der Waals surface area contributed by atoms with Crippen LogP contribution in [0.4, 0.5) is 11.4 Å². The maximum Gasteiger partial charge on any atom is 0.296 e. The van der Waals surface area contributed by atoms with Gasteiger partial charge < -0.3 is 15.2 Å². The van der Waals surface area contributed by atoms with Crippen LogP contribution >= 0.6 is 0 Å². The smallest absolute Gasteiger partial charge is 0.296 e. The average Bonchev–Trinajstić information content (AvgIpc) is 3.10. The molecule has 1 aliphatic rings. The Morgan fingerprint density at radius 2 is 1.44 bits per heavy atom. The molecule has 6 rings (SSSR count). The number of carbonyl (C=O) groups excluding carboxylic acids is 2. The van der Waals surface area contributed by atoms with E-state index in [-0.39, 0.29) is 67.3 Å². The number of nitrogens with zero attached hydrogens (tertiary/aromatic N) is 1. The number of H-pyrrole nitrogens is 1. The number of sulfone groups is 1. The van der Waals surface area contributed by atoms with Crippen molar-refractivity contribution < 1.29 is 43.9 Å². The quantitative estimate of drug-likeness (QED) is 0.101. The summed E-state index contributed by atoms with van der Waals surface area (Å²) >= 11 is 0. The number of aromatic amines is 1. The Balaban J connectivity index is 1.58. The van der Waals surface area contributed by atoms with Crippen LogP contribution in [0.1, 0.15) is 45.7 Å². The van der Waals surface area contributed by atoms with Crippen LogP contribution in [0.15, 0.2) is 98.3 Å². The minimum Gasteiger partial charge on any atom is -0.354 e. The molecule has 4 N–H and O–H groups in total. The van der Waals surface area contributed by atoms with Gasteiger partial charge in [0.05, 0.1) is 38.0 Å². The third-order valence-electron chi connectivity index (χ3n) is 8.90. The van der Waals surface area contributed by atoms with Gasteiger partial charge in [0, 0.05) is 34.1 Å². The van der Waals surface area contributed by atoms with Crippen molar-refractivity contribution in [3.8, 4) is 11.1 Å². The lowest BCUT2D eigenvalue weighted by molar-refractivity contribution is 0.102. The van der Waals surface area contributed by atoms with Gasteiger partial charge in [-0.2, -0.15) is 16.8 Å². The highest BCUT2D eigenvalue weighted by molar-refractivity contribution is 7.91. The first-order chi connectivity index (χ1) is 24.5. The fourth-order valence-corrected chi connectivity index (χ4v) is 8.73. The molecule has 0 aliphatic heterocycles. The number of nitrogens with one attached hydrogen (secondary N) is 2. The summed E-state index contributed by atoms with van der Waals surface area (Å²) in [5, 5.41) is 2.91. The van der Waals surface area contributed by atoms with E-state index >= 15 is 0 Å². The van der Waals surface area contributed by atoms with E-state index in [0.29, 0.717) is 13.1 Å². The van der Waals surface area contributed by atoms with E-state index in [1.54, 1.807) is 12.1 Å². The number of aromatic nitrogens is 1. The van der Waals surface area contributed by atoms with E-state index in [9.17, 15) is 48.7 Å². The predicted molar refractivity (Wildman–Crippen MR) is 193 cm³/mol. The normalized spacial score (nSPS) is 13.0. The summed E-state index contributed by atoms with van der Waals surface area (Å²) in [6.45, 7) is 5.20. The summed E-state index contributed by atoms with van der Waals surface area (Å²) in [6, 6.07) is 16.4. The van der Waals surface area contributed by atoms with E-state index in [2.05, 4.69) is 10.3 Å². The van der Waals surface area contributed by atoms with Crippen LogP contribution in [-0.2, 0) is 30.1 Å². The van der Waals surface area contributed by atoms with Gasteiger partial charge in [-0.15, -0.1) is 0 Å².